The summed E-state index contributed by atoms with van der Waals surface area (Å²) in [4.78, 5) is 1.81. The van der Waals surface area contributed by atoms with Crippen molar-refractivity contribution in [3.63, 3.8) is 0 Å². The molecule has 3 nitrogen and oxygen atoms in total. The fourth-order valence-corrected chi connectivity index (χ4v) is 0.841. The molecule has 0 aromatic carbocycles. The second-order valence-corrected chi connectivity index (χ2v) is 1.91. The molecule has 0 radical (unpaired) electrons. The molecule has 2 N–H and O–H groups in total. The average Bonchev–Trinajstić information content (AvgIpc) is 2.14. The third-order valence-electron chi connectivity index (χ3n) is 1.07. The highest BCUT2D eigenvalue weighted by atomic mass is 32.1. The van der Waals surface area contributed by atoms with Gasteiger partial charge in [-0.1, -0.05) is 0 Å². The van der Waals surface area contributed by atoms with E-state index in [1.54, 1.807) is 0 Å². The maximum absolute atomic E-state index is 5.28. The normalized spacial score (nSPS) is 19.1. The van der Waals surface area contributed by atoms with Crippen LogP contribution in [0.4, 0.5) is 0 Å². The minimum Gasteiger partial charge on any atom is -0.469 e. The molecule has 0 saturated carbocycles. The lowest BCUT2D eigenvalue weighted by Gasteiger charge is -2.09. The highest BCUT2D eigenvalue weighted by molar-refractivity contribution is 7.80. The number of hydrogen-bond acceptors (Lipinski definition) is 3. The van der Waals surface area contributed by atoms with Crippen molar-refractivity contribution in [2.45, 2.75) is 0 Å². The Bertz CT molecular complexity index is 106. The topological polar surface area (TPSA) is 38.5 Å². The van der Waals surface area contributed by atoms with E-state index in [9.17, 15) is 0 Å². The second kappa shape index (κ2) is 2.28. The van der Waals surface area contributed by atoms with Crippen LogP contribution in [0.25, 0.3) is 0 Å². The number of hydrogen-bond donors (Lipinski definition) is 1. The van der Waals surface area contributed by atoms with Gasteiger partial charge < -0.3 is 15.4 Å². The van der Waals surface area contributed by atoms with Gasteiger partial charge in [-0.2, -0.15) is 0 Å². The summed E-state index contributed by atoms with van der Waals surface area (Å²) < 4.78 is 4.93. The van der Waals surface area contributed by atoms with Crippen molar-refractivity contribution in [2.75, 3.05) is 19.8 Å². The maximum atomic E-state index is 5.28. The Labute approximate surface area is 53.4 Å². The van der Waals surface area contributed by atoms with Crippen molar-refractivity contribution in [3.8, 4) is 0 Å². The predicted molar refractivity (Wildman–Crippen MR) is 34.3 cm³/mol. The van der Waals surface area contributed by atoms with E-state index in [0.29, 0.717) is 18.5 Å². The van der Waals surface area contributed by atoms with Crippen LogP contribution in [0.1, 0.15) is 0 Å². The van der Waals surface area contributed by atoms with Gasteiger partial charge in [0.1, 0.15) is 6.61 Å². The molecule has 1 fully saturated rings. The lowest BCUT2D eigenvalue weighted by Crippen LogP contribution is -2.30. The predicted octanol–water partition coefficient (Wildman–Crippen LogP) is -0.480. The molecule has 4 heteroatoms. The Kier molecular flexibility index (Phi) is 1.65. The summed E-state index contributed by atoms with van der Waals surface area (Å²) in [5, 5.41) is 0.535. The molecule has 1 aliphatic rings. The lowest BCUT2D eigenvalue weighted by atomic mass is 10.7. The summed E-state index contributed by atoms with van der Waals surface area (Å²) in [6.45, 7) is 2.00. The molecule has 0 aromatic rings. The molecule has 1 heterocycles. The molecule has 1 saturated heterocycles. The van der Waals surface area contributed by atoms with Crippen molar-refractivity contribution in [3.05, 3.63) is 0 Å². The molecule has 46 valence electrons. The smallest absolute Gasteiger partial charge is 0.260 e. The maximum Gasteiger partial charge on any atom is 0.260 e. The molecule has 0 amide bonds. The fourth-order valence-electron chi connectivity index (χ4n) is 0.592. The van der Waals surface area contributed by atoms with Crippen molar-refractivity contribution < 1.29 is 4.74 Å². The molecule has 8 heavy (non-hydrogen) atoms. The average molecular weight is 132 g/mol. The molecule has 0 aliphatic carbocycles. The van der Waals surface area contributed by atoms with Gasteiger partial charge in [-0.25, -0.2) is 0 Å². The first-order valence-electron chi connectivity index (χ1n) is 2.46. The van der Waals surface area contributed by atoms with Gasteiger partial charge in [0.05, 0.1) is 13.2 Å². The van der Waals surface area contributed by atoms with Gasteiger partial charge >= 0.3 is 0 Å². The number of thiocarbonyl (C=S) groups is 1. The molecule has 0 spiro atoms. The Morgan fingerprint density at radius 3 is 2.88 bits per heavy atom. The van der Waals surface area contributed by atoms with Crippen LogP contribution in [0, 0.1) is 0 Å². The monoisotopic (exact) mass is 132 g/mol. The zero-order valence-electron chi connectivity index (χ0n) is 4.46. The molecule has 0 bridgehead atoms. The first-order valence-corrected chi connectivity index (χ1v) is 2.87. The second-order valence-electron chi connectivity index (χ2n) is 1.56. The molecule has 0 aromatic heterocycles. The Balaban J connectivity index is 2.42. The van der Waals surface area contributed by atoms with Crippen LogP contribution < -0.4 is 5.73 Å². The van der Waals surface area contributed by atoms with Gasteiger partial charge in [-0.3, -0.25) is 0 Å². The van der Waals surface area contributed by atoms with E-state index >= 15 is 0 Å². The van der Waals surface area contributed by atoms with Crippen LogP contribution in [-0.4, -0.2) is 29.9 Å². The Hall–Kier alpha value is -0.350. The third-order valence-corrected chi connectivity index (χ3v) is 1.44. The standard InChI is InChI=1S/C4H8N2OS/c5-3-6-1-2-7-4(6)8/h1-3,5H2. The van der Waals surface area contributed by atoms with Crippen molar-refractivity contribution in [1.29, 1.82) is 0 Å². The molecule has 0 atom stereocenters. The summed E-state index contributed by atoms with van der Waals surface area (Å²) in [5.74, 6) is 0. The van der Waals surface area contributed by atoms with Crippen LogP contribution in [0.2, 0.25) is 0 Å². The summed E-state index contributed by atoms with van der Waals surface area (Å²) >= 11 is 4.76. The largest absolute Gasteiger partial charge is 0.469 e. The van der Waals surface area contributed by atoms with E-state index in [0.717, 1.165) is 6.54 Å². The van der Waals surface area contributed by atoms with Crippen LogP contribution in [-0.2, 0) is 4.74 Å². The van der Waals surface area contributed by atoms with E-state index in [1.165, 1.54) is 0 Å². The fraction of sp³-hybridized carbons (Fsp3) is 0.750. The lowest BCUT2D eigenvalue weighted by molar-refractivity contribution is 0.360. The molecule has 1 rings (SSSR count). The molecule has 0 unspecified atom stereocenters. The van der Waals surface area contributed by atoms with E-state index in [4.69, 9.17) is 22.7 Å². The van der Waals surface area contributed by atoms with E-state index in [2.05, 4.69) is 0 Å². The number of nitrogens with zero attached hydrogens (tertiary/aromatic N) is 1. The van der Waals surface area contributed by atoms with Gasteiger partial charge in [0.2, 0.25) is 0 Å². The first kappa shape index (κ1) is 5.78. The molecular weight excluding hydrogens is 124 g/mol. The zero-order valence-corrected chi connectivity index (χ0v) is 5.28. The van der Waals surface area contributed by atoms with E-state index in [1.807, 2.05) is 4.90 Å². The van der Waals surface area contributed by atoms with Gasteiger partial charge in [0, 0.05) is 0 Å². The van der Waals surface area contributed by atoms with Crippen LogP contribution in [0.15, 0.2) is 0 Å². The third kappa shape index (κ3) is 0.900. The van der Waals surface area contributed by atoms with Gasteiger partial charge in [0.25, 0.3) is 5.17 Å². The summed E-state index contributed by atoms with van der Waals surface area (Å²) in [6.07, 6.45) is 0. The summed E-state index contributed by atoms with van der Waals surface area (Å²) in [5.41, 5.74) is 5.28. The SMILES string of the molecule is NCN1CCOC1=S. The van der Waals surface area contributed by atoms with Crippen molar-refractivity contribution in [2.24, 2.45) is 5.73 Å². The minimum atomic E-state index is 0.471. The van der Waals surface area contributed by atoms with Crippen molar-refractivity contribution >= 4 is 17.4 Å². The molecule has 1 aliphatic heterocycles. The first-order chi connectivity index (χ1) is 3.84. The van der Waals surface area contributed by atoms with Gasteiger partial charge in [-0.15, -0.1) is 0 Å². The summed E-state index contributed by atoms with van der Waals surface area (Å²) in [6, 6.07) is 0. The Morgan fingerprint density at radius 2 is 2.62 bits per heavy atom. The van der Waals surface area contributed by atoms with Gasteiger partial charge in [-0.05, 0) is 12.2 Å². The van der Waals surface area contributed by atoms with Crippen LogP contribution in [0.5, 0.6) is 0 Å². The summed E-state index contributed by atoms with van der Waals surface area (Å²) in [7, 11) is 0. The number of ether oxygens (including phenoxy) is 1. The number of nitrogens with two attached hydrogens (primary N) is 1. The zero-order chi connectivity index (χ0) is 5.98. The molecular formula is C4H8N2OS. The highest BCUT2D eigenvalue weighted by Gasteiger charge is 2.14. The van der Waals surface area contributed by atoms with Crippen LogP contribution in [0.3, 0.4) is 0 Å². The quantitative estimate of drug-likeness (QED) is 0.489. The van der Waals surface area contributed by atoms with E-state index < -0.39 is 0 Å². The Morgan fingerprint density at radius 1 is 1.88 bits per heavy atom. The van der Waals surface area contributed by atoms with Crippen LogP contribution >= 0.6 is 12.2 Å². The minimum absolute atomic E-state index is 0.471. The number of rotatable bonds is 1. The highest BCUT2D eigenvalue weighted by Crippen LogP contribution is 1.99. The van der Waals surface area contributed by atoms with Crippen molar-refractivity contribution in [1.82, 2.24) is 4.90 Å². The van der Waals surface area contributed by atoms with Gasteiger partial charge in [0.15, 0.2) is 0 Å². The van der Waals surface area contributed by atoms with E-state index in [-0.39, 0.29) is 0 Å².